The van der Waals surface area contributed by atoms with Gasteiger partial charge in [-0.3, -0.25) is 14.3 Å². The van der Waals surface area contributed by atoms with Crippen LogP contribution in [0.15, 0.2) is 64.5 Å². The summed E-state index contributed by atoms with van der Waals surface area (Å²) in [6, 6.07) is 11.4. The van der Waals surface area contributed by atoms with Crippen LogP contribution in [-0.2, 0) is 23.5 Å². The number of sulfonamides is 1. The molecular weight excluding hydrogens is 366 g/mol. The fraction of sp³-hybridized carbons (Fsp3) is 0.167. The number of nitrogens with zero attached hydrogens (tertiary/aromatic N) is 3. The quantitative estimate of drug-likeness (QED) is 0.657. The number of nitrogens with one attached hydrogen (secondary N) is 1. The third kappa shape index (κ3) is 4.57. The van der Waals surface area contributed by atoms with Crippen molar-refractivity contribution in [3.05, 3.63) is 70.8 Å². The monoisotopic (exact) mass is 385 g/mol. The number of benzene rings is 1. The molecule has 0 spiro atoms. The van der Waals surface area contributed by atoms with Gasteiger partial charge in [-0.1, -0.05) is 12.1 Å². The molecule has 3 rings (SSSR count). The van der Waals surface area contributed by atoms with Gasteiger partial charge in [0.25, 0.3) is 5.56 Å². The van der Waals surface area contributed by atoms with Gasteiger partial charge in [-0.25, -0.2) is 18.5 Å². The van der Waals surface area contributed by atoms with Crippen molar-refractivity contribution >= 4 is 16.0 Å². The van der Waals surface area contributed by atoms with Gasteiger partial charge < -0.3 is 5.32 Å². The van der Waals surface area contributed by atoms with Gasteiger partial charge in [-0.2, -0.15) is 0 Å². The molecule has 3 aromatic rings. The van der Waals surface area contributed by atoms with Gasteiger partial charge in [-0.05, 0) is 36.2 Å². The number of aromatic nitrogens is 3. The van der Waals surface area contributed by atoms with E-state index in [-0.39, 0.29) is 10.5 Å². The van der Waals surface area contributed by atoms with E-state index < -0.39 is 10.0 Å². The van der Waals surface area contributed by atoms with Crippen LogP contribution in [-0.4, -0.2) is 29.5 Å². The molecule has 0 atom stereocenters. The average molecular weight is 385 g/mol. The zero-order chi connectivity index (χ0) is 19.4. The molecule has 0 amide bonds. The second-order valence-electron chi connectivity index (χ2n) is 5.96. The molecule has 3 N–H and O–H groups in total. The van der Waals surface area contributed by atoms with E-state index in [9.17, 15) is 13.2 Å². The lowest BCUT2D eigenvalue weighted by molar-refractivity contribution is 0.598. The van der Waals surface area contributed by atoms with Crippen LogP contribution in [0.1, 0.15) is 5.56 Å². The molecule has 1 aromatic carbocycles. The molecule has 9 heteroatoms. The molecule has 0 radical (unpaired) electrons. The summed E-state index contributed by atoms with van der Waals surface area (Å²) in [5.74, 6) is 0.454. The molecule has 0 aliphatic carbocycles. The van der Waals surface area contributed by atoms with E-state index in [1.807, 2.05) is 0 Å². The van der Waals surface area contributed by atoms with Crippen LogP contribution in [0.2, 0.25) is 0 Å². The van der Waals surface area contributed by atoms with Gasteiger partial charge in [0.2, 0.25) is 16.0 Å². The Labute approximate surface area is 156 Å². The van der Waals surface area contributed by atoms with Gasteiger partial charge in [-0.15, -0.1) is 0 Å². The van der Waals surface area contributed by atoms with Gasteiger partial charge >= 0.3 is 0 Å². The van der Waals surface area contributed by atoms with Gasteiger partial charge in [0, 0.05) is 37.6 Å². The minimum absolute atomic E-state index is 0.0772. The maximum Gasteiger partial charge on any atom is 0.255 e. The maximum absolute atomic E-state index is 12.2. The molecule has 2 heterocycles. The highest BCUT2D eigenvalue weighted by atomic mass is 32.2. The second kappa shape index (κ2) is 7.68. The Bertz CT molecular complexity index is 1090. The summed E-state index contributed by atoms with van der Waals surface area (Å²) in [5.41, 5.74) is 2.15. The Kier molecular flexibility index (Phi) is 5.33. The lowest BCUT2D eigenvalue weighted by Crippen LogP contribution is -2.22. The molecule has 0 saturated heterocycles. The summed E-state index contributed by atoms with van der Waals surface area (Å²) in [5, 5.41) is 8.24. The maximum atomic E-state index is 12.2. The molecule has 0 aliphatic rings. The predicted octanol–water partition coefficient (Wildman–Crippen LogP) is 1.14. The van der Waals surface area contributed by atoms with E-state index in [1.165, 1.54) is 22.8 Å². The standard InChI is InChI=1S/C18H19N5O3S/c1-23-17(24)12-16(14-7-9-20-10-8-14)22-18(23)21-11-6-13-2-4-15(5-3-13)27(19,25)26/h2-5,7-10,12H,6,11H2,1H3,(H,21,22)(H2,19,25,26). The van der Waals surface area contributed by atoms with Crippen LogP contribution in [0, 0.1) is 0 Å². The molecule has 0 aliphatic heterocycles. The van der Waals surface area contributed by atoms with Crippen LogP contribution in [0.3, 0.4) is 0 Å². The van der Waals surface area contributed by atoms with Crippen molar-refractivity contribution in [2.24, 2.45) is 12.2 Å². The number of hydrogen-bond acceptors (Lipinski definition) is 6. The molecule has 0 saturated carbocycles. The molecule has 8 nitrogen and oxygen atoms in total. The van der Waals surface area contributed by atoms with E-state index in [4.69, 9.17) is 5.14 Å². The lowest BCUT2D eigenvalue weighted by Gasteiger charge is -2.12. The fourth-order valence-corrected chi connectivity index (χ4v) is 3.05. The van der Waals surface area contributed by atoms with Crippen LogP contribution in [0.5, 0.6) is 0 Å². The molecule has 140 valence electrons. The largest absolute Gasteiger partial charge is 0.355 e. The van der Waals surface area contributed by atoms with Crippen molar-refractivity contribution in [3.63, 3.8) is 0 Å². The number of hydrogen-bond donors (Lipinski definition) is 2. The first-order valence-corrected chi connectivity index (χ1v) is 9.73. The van der Waals surface area contributed by atoms with E-state index in [2.05, 4.69) is 15.3 Å². The Morgan fingerprint density at radius 3 is 2.41 bits per heavy atom. The van der Waals surface area contributed by atoms with Crippen molar-refractivity contribution in [2.45, 2.75) is 11.3 Å². The van der Waals surface area contributed by atoms with Gasteiger partial charge in [0.15, 0.2) is 0 Å². The van der Waals surface area contributed by atoms with Crippen LogP contribution >= 0.6 is 0 Å². The van der Waals surface area contributed by atoms with Gasteiger partial charge in [0.05, 0.1) is 10.6 Å². The number of rotatable bonds is 6. The Morgan fingerprint density at radius 1 is 1.11 bits per heavy atom. The highest BCUT2D eigenvalue weighted by Crippen LogP contribution is 2.16. The fourth-order valence-electron chi connectivity index (χ4n) is 2.53. The summed E-state index contributed by atoms with van der Waals surface area (Å²) in [6.45, 7) is 0.523. The van der Waals surface area contributed by atoms with E-state index in [0.29, 0.717) is 24.6 Å². The molecule has 27 heavy (non-hydrogen) atoms. The summed E-state index contributed by atoms with van der Waals surface area (Å²) in [6.07, 6.45) is 3.92. The van der Waals surface area contributed by atoms with Gasteiger partial charge in [0.1, 0.15) is 0 Å². The summed E-state index contributed by atoms with van der Waals surface area (Å²) in [7, 11) is -2.05. The van der Waals surface area contributed by atoms with Crippen LogP contribution < -0.4 is 16.0 Å². The first-order valence-electron chi connectivity index (χ1n) is 8.19. The predicted molar refractivity (Wildman–Crippen MR) is 103 cm³/mol. The minimum Gasteiger partial charge on any atom is -0.355 e. The average Bonchev–Trinajstić information content (AvgIpc) is 2.65. The zero-order valence-electron chi connectivity index (χ0n) is 14.7. The first-order chi connectivity index (χ1) is 12.8. The molecule has 2 aromatic heterocycles. The minimum atomic E-state index is -3.69. The second-order valence-corrected chi connectivity index (χ2v) is 7.53. The van der Waals surface area contributed by atoms with E-state index >= 15 is 0 Å². The van der Waals surface area contributed by atoms with E-state index in [1.54, 1.807) is 43.7 Å². The SMILES string of the molecule is Cn1c(NCCc2ccc(S(N)(=O)=O)cc2)nc(-c2ccncc2)cc1=O. The highest BCUT2D eigenvalue weighted by Gasteiger charge is 2.09. The Hall–Kier alpha value is -3.04. The van der Waals surface area contributed by atoms with Crippen molar-refractivity contribution in [3.8, 4) is 11.3 Å². The third-order valence-corrected chi connectivity index (χ3v) is 4.99. The molecular formula is C18H19N5O3S. The normalized spacial score (nSPS) is 11.3. The highest BCUT2D eigenvalue weighted by molar-refractivity contribution is 7.89. The Balaban J connectivity index is 1.73. The topological polar surface area (TPSA) is 120 Å². The van der Waals surface area contributed by atoms with Crippen molar-refractivity contribution < 1.29 is 8.42 Å². The number of pyridine rings is 1. The van der Waals surface area contributed by atoms with Crippen LogP contribution in [0.25, 0.3) is 11.3 Å². The van der Waals surface area contributed by atoms with Crippen molar-refractivity contribution in [1.29, 1.82) is 0 Å². The summed E-state index contributed by atoms with van der Waals surface area (Å²) in [4.78, 5) is 20.7. The van der Waals surface area contributed by atoms with Crippen molar-refractivity contribution in [2.75, 3.05) is 11.9 Å². The smallest absolute Gasteiger partial charge is 0.255 e. The number of nitrogens with two attached hydrogens (primary N) is 1. The Morgan fingerprint density at radius 2 is 1.78 bits per heavy atom. The molecule has 0 bridgehead atoms. The lowest BCUT2D eigenvalue weighted by atomic mass is 10.1. The first kappa shape index (κ1) is 18.7. The van der Waals surface area contributed by atoms with Crippen molar-refractivity contribution in [1.82, 2.24) is 14.5 Å². The van der Waals surface area contributed by atoms with Crippen LogP contribution in [0.4, 0.5) is 5.95 Å². The number of primary sulfonamides is 1. The summed E-state index contributed by atoms with van der Waals surface area (Å²) >= 11 is 0. The summed E-state index contributed by atoms with van der Waals surface area (Å²) < 4.78 is 24.0. The molecule has 0 unspecified atom stereocenters. The molecule has 0 fully saturated rings. The van der Waals surface area contributed by atoms with E-state index in [0.717, 1.165) is 11.1 Å². The zero-order valence-corrected chi connectivity index (χ0v) is 15.5. The third-order valence-electron chi connectivity index (χ3n) is 4.06. The number of anilines is 1.